The summed E-state index contributed by atoms with van der Waals surface area (Å²) in [5, 5.41) is 2.77. The molecule has 0 amide bonds. The van der Waals surface area contributed by atoms with Crippen LogP contribution < -0.4 is 24.7 Å². The number of aromatic nitrogens is 2. The molecular formula is C60H58N4Si. The van der Waals surface area contributed by atoms with E-state index in [1.807, 2.05) is 0 Å². The summed E-state index contributed by atoms with van der Waals surface area (Å²) in [7, 11) is -2.24. The third-order valence-corrected chi connectivity index (χ3v) is 17.0. The molecule has 0 radical (unpaired) electrons. The molecule has 1 aromatic heterocycles. The maximum absolute atomic E-state index is 3.87. The number of nitrogens with zero attached hydrogens (tertiary/aromatic N) is 4. The van der Waals surface area contributed by atoms with E-state index in [4.69, 9.17) is 0 Å². The lowest BCUT2D eigenvalue weighted by Crippen LogP contribution is -2.53. The van der Waals surface area contributed by atoms with Crippen molar-refractivity contribution in [2.45, 2.75) is 65.5 Å². The zero-order valence-corrected chi connectivity index (χ0v) is 40.0. The van der Waals surface area contributed by atoms with E-state index in [1.54, 1.807) is 0 Å². The van der Waals surface area contributed by atoms with Crippen molar-refractivity contribution in [3.8, 4) is 33.6 Å². The third-order valence-electron chi connectivity index (χ3n) is 13.4. The van der Waals surface area contributed by atoms with Crippen molar-refractivity contribution in [2.75, 3.05) is 16.5 Å². The average molecular weight is 863 g/mol. The van der Waals surface area contributed by atoms with E-state index in [-0.39, 0.29) is 10.8 Å². The number of hydrogen-bond donors (Lipinski definition) is 0. The number of para-hydroxylation sites is 4. The third kappa shape index (κ3) is 7.78. The predicted molar refractivity (Wildman–Crippen MR) is 277 cm³/mol. The number of imidazole rings is 1. The fourth-order valence-corrected chi connectivity index (χ4v) is 11.8. The van der Waals surface area contributed by atoms with Gasteiger partial charge in [0.05, 0.1) is 39.5 Å². The second-order valence-electron chi connectivity index (χ2n) is 20.2. The molecular weight excluding hydrogens is 805 g/mol. The van der Waals surface area contributed by atoms with Crippen LogP contribution in [0.25, 0.3) is 44.7 Å². The van der Waals surface area contributed by atoms with Crippen LogP contribution in [0.15, 0.2) is 194 Å². The SMILES string of the molecule is CC(C)(C)c1ccc(-c2ccccc2)c(N2CN(c3cccc([Si](C)(C)c4cccc(-n5[c-][n+](-c6cc(C(C)(C)C)ccc6-c6ccccc6)c6ccccc65)c4)c3)c3ccccc32)c1. The molecule has 8 aromatic carbocycles. The summed E-state index contributed by atoms with van der Waals surface area (Å²) in [6.45, 7) is 19.4. The van der Waals surface area contributed by atoms with Crippen LogP contribution in [0.1, 0.15) is 52.7 Å². The lowest BCUT2D eigenvalue weighted by Gasteiger charge is -2.29. The molecule has 0 saturated carbocycles. The van der Waals surface area contributed by atoms with Gasteiger partial charge in [0, 0.05) is 11.3 Å². The standard InChI is InChI=1S/C60H58N4Si/c1-59(2,3)45-33-35-51(43-21-11-9-12-22-43)57(37-45)63-41-61(53-29-15-17-31-55(53)63)47-25-19-27-49(39-47)65(7,8)50-28-20-26-48(40-50)62-42-64(56-32-18-16-30-54(56)62)58-38-46(60(4,5)6)34-36-52(58)44-23-13-10-14-24-44/h9-40H,41H2,1-8H3. The van der Waals surface area contributed by atoms with Gasteiger partial charge in [-0.05, 0) is 87.2 Å². The van der Waals surface area contributed by atoms with E-state index in [0.717, 1.165) is 29.1 Å². The molecule has 1 aliphatic rings. The van der Waals surface area contributed by atoms with Gasteiger partial charge in [0.25, 0.3) is 6.33 Å². The Labute approximate surface area is 386 Å². The van der Waals surface area contributed by atoms with Gasteiger partial charge in [-0.25, -0.2) is 0 Å². The van der Waals surface area contributed by atoms with E-state index in [1.165, 1.54) is 66.5 Å². The molecule has 1 aliphatic heterocycles. The minimum absolute atomic E-state index is 0.00770. The zero-order valence-electron chi connectivity index (χ0n) is 39.0. The summed E-state index contributed by atoms with van der Waals surface area (Å²) >= 11 is 0. The van der Waals surface area contributed by atoms with E-state index in [9.17, 15) is 0 Å². The number of rotatable bonds is 8. The first-order valence-corrected chi connectivity index (χ1v) is 26.0. The quantitative estimate of drug-likeness (QED) is 0.0859. The maximum atomic E-state index is 3.87. The smallest absolute Gasteiger partial charge is 0.269 e. The molecule has 0 saturated heterocycles. The van der Waals surface area contributed by atoms with Crippen molar-refractivity contribution in [3.63, 3.8) is 0 Å². The molecule has 9 aromatic rings. The monoisotopic (exact) mass is 862 g/mol. The predicted octanol–water partition coefficient (Wildman–Crippen LogP) is 13.7. The number of fused-ring (bicyclic) bond motifs is 2. The Bertz CT molecular complexity index is 3190. The highest BCUT2D eigenvalue weighted by Gasteiger charge is 2.33. The van der Waals surface area contributed by atoms with Gasteiger partial charge >= 0.3 is 0 Å². The van der Waals surface area contributed by atoms with E-state index < -0.39 is 8.07 Å². The van der Waals surface area contributed by atoms with Crippen LogP contribution in [-0.4, -0.2) is 19.3 Å². The molecule has 0 N–H and O–H groups in total. The van der Waals surface area contributed by atoms with Crippen molar-refractivity contribution in [2.24, 2.45) is 0 Å². The van der Waals surface area contributed by atoms with Gasteiger partial charge in [0.2, 0.25) is 0 Å². The minimum Gasteiger partial charge on any atom is -0.321 e. The molecule has 0 bridgehead atoms. The van der Waals surface area contributed by atoms with Crippen molar-refractivity contribution in [1.82, 2.24) is 4.57 Å². The van der Waals surface area contributed by atoms with E-state index in [0.29, 0.717) is 0 Å². The van der Waals surface area contributed by atoms with Crippen molar-refractivity contribution >= 4 is 52.2 Å². The Kier molecular flexibility index (Phi) is 10.5. The molecule has 4 nitrogen and oxygen atoms in total. The highest BCUT2D eigenvalue weighted by molar-refractivity contribution is 7.00. The van der Waals surface area contributed by atoms with Crippen molar-refractivity contribution < 1.29 is 4.57 Å². The summed E-state index contributed by atoms with van der Waals surface area (Å²) in [5.74, 6) is 0. The Morgan fingerprint density at radius 2 is 0.985 bits per heavy atom. The Balaban J connectivity index is 1.03. The van der Waals surface area contributed by atoms with Crippen LogP contribution in [-0.2, 0) is 10.8 Å². The normalized spacial score (nSPS) is 13.1. The fraction of sp³-hybridized carbons (Fsp3) is 0.183. The van der Waals surface area contributed by atoms with Gasteiger partial charge in [0.15, 0.2) is 0 Å². The highest BCUT2D eigenvalue weighted by Crippen LogP contribution is 2.47. The van der Waals surface area contributed by atoms with Crippen LogP contribution in [0.4, 0.5) is 22.7 Å². The van der Waals surface area contributed by atoms with E-state index >= 15 is 0 Å². The number of hydrogen-bond acceptors (Lipinski definition) is 2. The Morgan fingerprint density at radius 3 is 1.63 bits per heavy atom. The summed E-state index contributed by atoms with van der Waals surface area (Å²) in [5.41, 5.74) is 16.8. The van der Waals surface area contributed by atoms with Crippen LogP contribution in [0.2, 0.25) is 13.1 Å². The molecule has 0 spiro atoms. The van der Waals surface area contributed by atoms with Crippen molar-refractivity contribution in [3.05, 3.63) is 212 Å². The maximum Gasteiger partial charge on any atom is 0.269 e. The highest BCUT2D eigenvalue weighted by atomic mass is 28.3. The van der Waals surface area contributed by atoms with Crippen LogP contribution in [0.5, 0.6) is 0 Å². The molecule has 10 rings (SSSR count). The van der Waals surface area contributed by atoms with Crippen molar-refractivity contribution in [1.29, 1.82) is 0 Å². The Hall–Kier alpha value is -6.95. The molecule has 65 heavy (non-hydrogen) atoms. The zero-order chi connectivity index (χ0) is 45.1. The number of anilines is 4. The lowest BCUT2D eigenvalue weighted by atomic mass is 9.85. The largest absolute Gasteiger partial charge is 0.321 e. The average Bonchev–Trinajstić information content (AvgIpc) is 3.91. The molecule has 322 valence electrons. The molecule has 5 heteroatoms. The molecule has 0 fully saturated rings. The topological polar surface area (TPSA) is 15.3 Å². The summed E-state index contributed by atoms with van der Waals surface area (Å²) < 4.78 is 4.53. The van der Waals surface area contributed by atoms with Gasteiger partial charge in [-0.3, -0.25) is 9.13 Å². The van der Waals surface area contributed by atoms with Gasteiger partial charge in [0.1, 0.15) is 14.7 Å². The first-order valence-electron chi connectivity index (χ1n) is 23.0. The minimum atomic E-state index is -2.24. The summed E-state index contributed by atoms with van der Waals surface area (Å²) in [6.07, 6.45) is 3.87. The van der Waals surface area contributed by atoms with Crippen LogP contribution in [0.3, 0.4) is 0 Å². The van der Waals surface area contributed by atoms with Crippen LogP contribution in [0, 0.1) is 6.33 Å². The number of benzene rings is 8. The molecule has 0 atom stereocenters. The first kappa shape index (κ1) is 42.0. The van der Waals surface area contributed by atoms with Gasteiger partial charge in [-0.1, -0.05) is 211 Å². The first-order chi connectivity index (χ1) is 31.3. The van der Waals surface area contributed by atoms with E-state index in [2.05, 4.69) is 274 Å². The van der Waals surface area contributed by atoms with Gasteiger partial charge in [-0.15, -0.1) is 0 Å². The summed E-state index contributed by atoms with van der Waals surface area (Å²) in [4.78, 5) is 5.01. The lowest BCUT2D eigenvalue weighted by molar-refractivity contribution is -0.571. The van der Waals surface area contributed by atoms with Gasteiger partial charge < -0.3 is 9.80 Å². The molecule has 2 heterocycles. The van der Waals surface area contributed by atoms with Gasteiger partial charge in [-0.2, -0.15) is 0 Å². The second kappa shape index (κ2) is 16.2. The van der Waals surface area contributed by atoms with Crippen LogP contribution >= 0.6 is 0 Å². The summed E-state index contributed by atoms with van der Waals surface area (Å²) in [6, 6.07) is 71.7. The molecule has 0 aliphatic carbocycles. The fourth-order valence-electron chi connectivity index (χ4n) is 9.46. The molecule has 0 unspecified atom stereocenters. The Morgan fingerprint density at radius 1 is 0.462 bits per heavy atom. The second-order valence-corrected chi connectivity index (χ2v) is 24.6.